The maximum atomic E-state index is 12.7. The van der Waals surface area contributed by atoms with E-state index in [1.54, 1.807) is 37.3 Å². The molecule has 0 spiro atoms. The standard InChI is InChI=1S/C20H17BrN2O7/c1-2-28-17(24)11-30-16-6-5-12(9-15(16)21)8-14-18(25)22-20(27)23(19(14)26)10-13-4-3-7-29-13/h3-9H,2,10-11H2,1H3,(H,22,25,27). The van der Waals surface area contributed by atoms with Crippen molar-refractivity contribution in [2.24, 2.45) is 0 Å². The zero-order valence-corrected chi connectivity index (χ0v) is 17.4. The van der Waals surface area contributed by atoms with Gasteiger partial charge >= 0.3 is 12.0 Å². The molecule has 0 bridgehead atoms. The highest BCUT2D eigenvalue weighted by molar-refractivity contribution is 9.10. The molecule has 9 nitrogen and oxygen atoms in total. The molecule has 10 heteroatoms. The van der Waals surface area contributed by atoms with Crippen LogP contribution in [0.2, 0.25) is 0 Å². The van der Waals surface area contributed by atoms with Crippen molar-refractivity contribution in [3.8, 4) is 5.75 Å². The fraction of sp³-hybridized carbons (Fsp3) is 0.200. The normalized spacial score (nSPS) is 15.3. The molecule has 1 fully saturated rings. The Kier molecular flexibility index (Phi) is 6.68. The zero-order valence-electron chi connectivity index (χ0n) is 15.8. The first kappa shape index (κ1) is 21.3. The van der Waals surface area contributed by atoms with Crippen LogP contribution >= 0.6 is 15.9 Å². The second kappa shape index (κ2) is 9.40. The number of halogens is 1. The summed E-state index contributed by atoms with van der Waals surface area (Å²) in [6, 6.07) is 7.22. The van der Waals surface area contributed by atoms with Gasteiger partial charge in [0.05, 0.1) is 23.9 Å². The monoisotopic (exact) mass is 476 g/mol. The SMILES string of the molecule is CCOC(=O)COc1ccc(C=C2C(=O)NC(=O)N(Cc3ccco3)C2=O)cc1Br. The topological polar surface area (TPSA) is 115 Å². The van der Waals surface area contributed by atoms with E-state index in [0.717, 1.165) is 4.90 Å². The molecule has 30 heavy (non-hydrogen) atoms. The predicted octanol–water partition coefficient (Wildman–Crippen LogP) is 2.65. The van der Waals surface area contributed by atoms with Crippen LogP contribution in [0.25, 0.3) is 6.08 Å². The van der Waals surface area contributed by atoms with Gasteiger partial charge in [0.25, 0.3) is 11.8 Å². The van der Waals surface area contributed by atoms with Gasteiger partial charge in [-0.2, -0.15) is 0 Å². The molecular weight excluding hydrogens is 460 g/mol. The minimum atomic E-state index is -0.817. The number of nitrogens with zero attached hydrogens (tertiary/aromatic N) is 1. The number of amides is 4. The van der Waals surface area contributed by atoms with Crippen LogP contribution < -0.4 is 10.1 Å². The van der Waals surface area contributed by atoms with Crippen LogP contribution in [0.4, 0.5) is 4.79 Å². The lowest BCUT2D eigenvalue weighted by Crippen LogP contribution is -2.53. The van der Waals surface area contributed by atoms with Gasteiger partial charge in [0.15, 0.2) is 6.61 Å². The number of benzene rings is 1. The van der Waals surface area contributed by atoms with Gasteiger partial charge in [0, 0.05) is 0 Å². The third kappa shape index (κ3) is 4.95. The molecule has 1 aromatic carbocycles. The summed E-state index contributed by atoms with van der Waals surface area (Å²) in [5, 5.41) is 2.14. The van der Waals surface area contributed by atoms with E-state index in [-0.39, 0.29) is 25.3 Å². The Bertz CT molecular complexity index is 1010. The summed E-state index contributed by atoms with van der Waals surface area (Å²) in [6.45, 7) is 1.60. The number of furan rings is 1. The summed E-state index contributed by atoms with van der Waals surface area (Å²) < 4.78 is 15.8. The van der Waals surface area contributed by atoms with E-state index in [1.165, 1.54) is 12.3 Å². The van der Waals surface area contributed by atoms with Crippen molar-refractivity contribution < 1.29 is 33.1 Å². The van der Waals surface area contributed by atoms with Gasteiger partial charge in [-0.3, -0.25) is 19.8 Å². The molecule has 2 heterocycles. The first-order valence-electron chi connectivity index (χ1n) is 8.88. The number of imide groups is 2. The highest BCUT2D eigenvalue weighted by Crippen LogP contribution is 2.27. The van der Waals surface area contributed by atoms with Gasteiger partial charge in [-0.05, 0) is 58.8 Å². The lowest BCUT2D eigenvalue weighted by Gasteiger charge is -2.25. The number of ether oxygens (including phenoxy) is 2. The largest absolute Gasteiger partial charge is 0.481 e. The summed E-state index contributed by atoms with van der Waals surface area (Å²) in [4.78, 5) is 49.3. The predicted molar refractivity (Wildman–Crippen MR) is 107 cm³/mol. The number of hydrogen-bond donors (Lipinski definition) is 1. The van der Waals surface area contributed by atoms with E-state index in [2.05, 4.69) is 21.2 Å². The third-order valence-electron chi connectivity index (χ3n) is 4.00. The molecule has 0 saturated carbocycles. The number of hydrogen-bond acceptors (Lipinski definition) is 7. The number of esters is 1. The van der Waals surface area contributed by atoms with E-state index in [0.29, 0.717) is 21.5 Å². The van der Waals surface area contributed by atoms with Gasteiger partial charge in [-0.25, -0.2) is 9.59 Å². The van der Waals surface area contributed by atoms with Crippen molar-refractivity contribution >= 4 is 45.8 Å². The summed E-state index contributed by atoms with van der Waals surface area (Å²) in [7, 11) is 0. The van der Waals surface area contributed by atoms with Crippen LogP contribution in [-0.2, 0) is 25.7 Å². The maximum absolute atomic E-state index is 12.7. The van der Waals surface area contributed by atoms with E-state index < -0.39 is 23.8 Å². The van der Waals surface area contributed by atoms with Crippen molar-refractivity contribution in [2.45, 2.75) is 13.5 Å². The average Bonchev–Trinajstić information content (AvgIpc) is 3.21. The van der Waals surface area contributed by atoms with E-state index in [4.69, 9.17) is 13.9 Å². The third-order valence-corrected chi connectivity index (χ3v) is 4.62. The van der Waals surface area contributed by atoms with E-state index in [1.807, 2.05) is 0 Å². The quantitative estimate of drug-likeness (QED) is 0.371. The summed E-state index contributed by atoms with van der Waals surface area (Å²) in [5.41, 5.74) is 0.310. The van der Waals surface area contributed by atoms with Crippen LogP contribution in [0.15, 0.2) is 51.1 Å². The number of rotatable bonds is 7. The van der Waals surface area contributed by atoms with Crippen molar-refractivity contribution in [1.29, 1.82) is 0 Å². The molecule has 1 aliphatic heterocycles. The second-order valence-electron chi connectivity index (χ2n) is 6.07. The molecular formula is C20H17BrN2O7. The molecule has 0 aliphatic carbocycles. The number of nitrogens with one attached hydrogen (secondary N) is 1. The van der Waals surface area contributed by atoms with Gasteiger partial charge in [-0.1, -0.05) is 6.07 Å². The molecule has 156 valence electrons. The smallest absolute Gasteiger partial charge is 0.344 e. The minimum Gasteiger partial charge on any atom is -0.481 e. The minimum absolute atomic E-state index is 0.105. The maximum Gasteiger partial charge on any atom is 0.344 e. The van der Waals surface area contributed by atoms with E-state index in [9.17, 15) is 19.2 Å². The van der Waals surface area contributed by atoms with Crippen LogP contribution in [0.5, 0.6) is 5.75 Å². The summed E-state index contributed by atoms with van der Waals surface area (Å²) in [5.74, 6) is -1.24. The first-order chi connectivity index (χ1) is 14.4. The summed E-state index contributed by atoms with van der Waals surface area (Å²) >= 11 is 3.32. The Morgan fingerprint density at radius 1 is 1.27 bits per heavy atom. The molecule has 0 radical (unpaired) electrons. The average molecular weight is 477 g/mol. The van der Waals surface area contributed by atoms with Crippen LogP contribution in [0, 0.1) is 0 Å². The van der Waals surface area contributed by atoms with Crippen LogP contribution in [0.3, 0.4) is 0 Å². The van der Waals surface area contributed by atoms with Gasteiger partial charge in [-0.15, -0.1) is 0 Å². The molecule has 1 saturated heterocycles. The Hall–Kier alpha value is -3.40. The van der Waals surface area contributed by atoms with Crippen molar-refractivity contribution in [1.82, 2.24) is 10.2 Å². The van der Waals surface area contributed by atoms with Crippen LogP contribution in [0.1, 0.15) is 18.2 Å². The number of urea groups is 1. The summed E-state index contributed by atoms with van der Waals surface area (Å²) in [6.07, 6.45) is 2.78. The molecule has 0 atom stereocenters. The molecule has 3 rings (SSSR count). The molecule has 1 aliphatic rings. The zero-order chi connectivity index (χ0) is 21.7. The molecule has 4 amide bonds. The Morgan fingerprint density at radius 2 is 2.07 bits per heavy atom. The van der Waals surface area contributed by atoms with Crippen molar-refractivity contribution in [3.63, 3.8) is 0 Å². The lowest BCUT2D eigenvalue weighted by molar-refractivity contribution is -0.145. The molecule has 1 N–H and O–H groups in total. The fourth-order valence-electron chi connectivity index (χ4n) is 2.63. The Labute approximate surface area is 179 Å². The molecule has 1 aromatic heterocycles. The van der Waals surface area contributed by atoms with E-state index >= 15 is 0 Å². The first-order valence-corrected chi connectivity index (χ1v) is 9.67. The number of carbonyl (C=O) groups excluding carboxylic acids is 4. The molecule has 0 unspecified atom stereocenters. The van der Waals surface area contributed by atoms with Crippen LogP contribution in [-0.4, -0.2) is 41.9 Å². The highest BCUT2D eigenvalue weighted by atomic mass is 79.9. The van der Waals surface area contributed by atoms with Gasteiger partial charge in [0.1, 0.15) is 17.1 Å². The van der Waals surface area contributed by atoms with Crippen molar-refractivity contribution in [2.75, 3.05) is 13.2 Å². The molecule has 2 aromatic rings. The lowest BCUT2D eigenvalue weighted by atomic mass is 10.1. The van der Waals surface area contributed by atoms with Gasteiger partial charge in [0.2, 0.25) is 0 Å². The highest BCUT2D eigenvalue weighted by Gasteiger charge is 2.36. The Morgan fingerprint density at radius 3 is 2.73 bits per heavy atom. The second-order valence-corrected chi connectivity index (χ2v) is 6.93. The van der Waals surface area contributed by atoms with Crippen molar-refractivity contribution in [3.05, 3.63) is 58.0 Å². The number of barbiturate groups is 1. The van der Waals surface area contributed by atoms with Gasteiger partial charge < -0.3 is 13.9 Å². The fourth-order valence-corrected chi connectivity index (χ4v) is 3.14. The Balaban J connectivity index is 1.77. The number of carbonyl (C=O) groups is 4.